The van der Waals surface area contributed by atoms with Crippen molar-refractivity contribution in [2.24, 2.45) is 10.9 Å². The summed E-state index contributed by atoms with van der Waals surface area (Å²) < 4.78 is 0. The summed E-state index contributed by atoms with van der Waals surface area (Å²) in [6.07, 6.45) is 2.21. The largest absolute Gasteiger partial charge is 0.409 e. The van der Waals surface area contributed by atoms with E-state index in [1.165, 1.54) is 0 Å². The van der Waals surface area contributed by atoms with E-state index in [0.29, 0.717) is 19.1 Å². The van der Waals surface area contributed by atoms with Crippen molar-refractivity contribution in [1.29, 1.82) is 0 Å². The van der Waals surface area contributed by atoms with Crippen molar-refractivity contribution < 1.29 is 10.0 Å². The van der Waals surface area contributed by atoms with Gasteiger partial charge in [0.2, 0.25) is 0 Å². The van der Waals surface area contributed by atoms with E-state index >= 15 is 0 Å². The Bertz CT molecular complexity index is 334. The van der Waals surface area contributed by atoms with Crippen LogP contribution in [0.2, 0.25) is 0 Å². The summed E-state index contributed by atoms with van der Waals surface area (Å²) in [5.74, 6) is 0.214. The number of nitrogens with zero attached hydrogens (tertiary/aromatic N) is 3. The van der Waals surface area contributed by atoms with E-state index in [0.717, 1.165) is 25.9 Å². The molecule has 7 nitrogen and oxygen atoms in total. The predicted molar refractivity (Wildman–Crippen MR) is 67.6 cm³/mol. The Hall–Kier alpha value is -1.50. The zero-order valence-electron chi connectivity index (χ0n) is 10.7. The number of hydrogen-bond acceptors (Lipinski definition) is 4. The third kappa shape index (κ3) is 3.04. The van der Waals surface area contributed by atoms with Gasteiger partial charge in [-0.2, -0.15) is 0 Å². The van der Waals surface area contributed by atoms with Crippen LogP contribution in [0.5, 0.6) is 0 Å². The molecule has 102 valence electrons. The van der Waals surface area contributed by atoms with Gasteiger partial charge < -0.3 is 21.2 Å². The molecule has 0 aromatic rings. The summed E-state index contributed by atoms with van der Waals surface area (Å²) in [6, 6.07) is 0.337. The van der Waals surface area contributed by atoms with Gasteiger partial charge in [0.15, 0.2) is 5.84 Å². The average molecular weight is 255 g/mol. The number of nitrogens with two attached hydrogens (primary N) is 1. The molecule has 1 aliphatic carbocycles. The molecule has 0 aromatic heterocycles. The molecule has 1 unspecified atom stereocenters. The second-order valence-electron chi connectivity index (χ2n) is 4.95. The van der Waals surface area contributed by atoms with Crippen LogP contribution in [-0.4, -0.2) is 65.1 Å². The van der Waals surface area contributed by atoms with Gasteiger partial charge >= 0.3 is 6.03 Å². The number of carbonyl (C=O) groups excluding carboxylic acids is 1. The zero-order valence-corrected chi connectivity index (χ0v) is 10.7. The molecule has 0 aromatic carbocycles. The van der Waals surface area contributed by atoms with E-state index in [1.54, 1.807) is 0 Å². The molecule has 1 heterocycles. The highest BCUT2D eigenvalue weighted by Gasteiger charge is 2.29. The van der Waals surface area contributed by atoms with Crippen molar-refractivity contribution in [2.45, 2.75) is 31.8 Å². The summed E-state index contributed by atoms with van der Waals surface area (Å²) in [4.78, 5) is 15.8. The number of nitrogens with one attached hydrogen (secondary N) is 1. The number of urea groups is 1. The Balaban J connectivity index is 1.78. The van der Waals surface area contributed by atoms with Crippen LogP contribution in [-0.2, 0) is 0 Å². The van der Waals surface area contributed by atoms with Crippen LogP contribution in [0.3, 0.4) is 0 Å². The lowest BCUT2D eigenvalue weighted by molar-refractivity contribution is 0.130. The Morgan fingerprint density at radius 1 is 1.39 bits per heavy atom. The highest BCUT2D eigenvalue weighted by molar-refractivity contribution is 5.84. The van der Waals surface area contributed by atoms with Gasteiger partial charge in [-0.3, -0.25) is 4.90 Å². The highest BCUT2D eigenvalue weighted by atomic mass is 16.4. The van der Waals surface area contributed by atoms with Crippen molar-refractivity contribution in [1.82, 2.24) is 15.1 Å². The van der Waals surface area contributed by atoms with Crippen molar-refractivity contribution in [3.8, 4) is 0 Å². The molecule has 1 aliphatic heterocycles. The van der Waals surface area contributed by atoms with E-state index < -0.39 is 0 Å². The standard InChI is InChI=1S/C11H21N5O2/c1-8(10(12)14-18)15-4-6-16(7-5-15)11(17)13-9-2-3-9/h8-9,18H,2-7H2,1H3,(H2,12,14)(H,13,17). The number of piperazine rings is 1. The van der Waals surface area contributed by atoms with Gasteiger partial charge in [0.05, 0.1) is 6.04 Å². The molecule has 0 bridgehead atoms. The first kappa shape index (κ1) is 12.9. The minimum absolute atomic E-state index is 0.0357. The monoisotopic (exact) mass is 255 g/mol. The third-order valence-corrected chi connectivity index (χ3v) is 3.60. The van der Waals surface area contributed by atoms with Gasteiger partial charge in [-0.1, -0.05) is 5.16 Å². The highest BCUT2D eigenvalue weighted by Crippen LogP contribution is 2.19. The summed E-state index contributed by atoms with van der Waals surface area (Å²) in [7, 11) is 0. The van der Waals surface area contributed by atoms with Gasteiger partial charge in [0.1, 0.15) is 0 Å². The zero-order chi connectivity index (χ0) is 13.1. The second-order valence-corrected chi connectivity index (χ2v) is 4.95. The molecule has 7 heteroatoms. The van der Waals surface area contributed by atoms with Crippen molar-refractivity contribution >= 4 is 11.9 Å². The fraction of sp³-hybridized carbons (Fsp3) is 0.818. The summed E-state index contributed by atoms with van der Waals surface area (Å²) in [6.45, 7) is 4.75. The normalized spacial score (nSPS) is 23.8. The van der Waals surface area contributed by atoms with E-state index in [9.17, 15) is 4.79 Å². The summed E-state index contributed by atoms with van der Waals surface area (Å²) in [5, 5.41) is 14.7. The van der Waals surface area contributed by atoms with Gasteiger partial charge in [-0.05, 0) is 19.8 Å². The van der Waals surface area contributed by atoms with E-state index in [1.807, 2.05) is 11.8 Å². The molecule has 2 amide bonds. The number of oxime groups is 1. The quantitative estimate of drug-likeness (QED) is 0.277. The lowest BCUT2D eigenvalue weighted by atomic mass is 10.2. The fourth-order valence-corrected chi connectivity index (χ4v) is 2.08. The average Bonchev–Trinajstić information content (AvgIpc) is 3.21. The molecule has 4 N–H and O–H groups in total. The van der Waals surface area contributed by atoms with E-state index in [-0.39, 0.29) is 17.9 Å². The molecule has 1 saturated heterocycles. The number of amides is 2. The first-order valence-corrected chi connectivity index (χ1v) is 6.38. The molecule has 2 aliphatic rings. The maximum atomic E-state index is 11.8. The molecule has 0 radical (unpaired) electrons. The van der Waals surface area contributed by atoms with Gasteiger partial charge in [0, 0.05) is 32.2 Å². The lowest BCUT2D eigenvalue weighted by Crippen LogP contribution is -2.56. The van der Waals surface area contributed by atoms with Crippen LogP contribution in [0.25, 0.3) is 0 Å². The van der Waals surface area contributed by atoms with Gasteiger partial charge in [-0.25, -0.2) is 4.79 Å². The Labute approximate surface area is 107 Å². The third-order valence-electron chi connectivity index (χ3n) is 3.60. The van der Waals surface area contributed by atoms with Crippen LogP contribution in [0.1, 0.15) is 19.8 Å². The van der Waals surface area contributed by atoms with Crippen LogP contribution in [0.15, 0.2) is 5.16 Å². The number of rotatable bonds is 3. The topological polar surface area (TPSA) is 94.2 Å². The lowest BCUT2D eigenvalue weighted by Gasteiger charge is -2.37. The predicted octanol–water partition coefficient (Wildman–Crippen LogP) is -0.389. The molecule has 0 spiro atoms. The molecular weight excluding hydrogens is 234 g/mol. The Kier molecular flexibility index (Phi) is 3.90. The van der Waals surface area contributed by atoms with Gasteiger partial charge in [0.25, 0.3) is 0 Å². The first-order valence-electron chi connectivity index (χ1n) is 6.38. The second kappa shape index (κ2) is 5.43. The SMILES string of the molecule is CC(C(N)=NO)N1CCN(C(=O)NC2CC2)CC1. The summed E-state index contributed by atoms with van der Waals surface area (Å²) >= 11 is 0. The van der Waals surface area contributed by atoms with Crippen LogP contribution in [0.4, 0.5) is 4.79 Å². The number of amidine groups is 1. The molecule has 2 rings (SSSR count). The maximum Gasteiger partial charge on any atom is 0.317 e. The number of carbonyl (C=O) groups is 1. The van der Waals surface area contributed by atoms with Crippen LogP contribution in [0, 0.1) is 0 Å². The van der Waals surface area contributed by atoms with Crippen molar-refractivity contribution in [3.05, 3.63) is 0 Å². The molecule has 1 atom stereocenters. The maximum absolute atomic E-state index is 11.8. The fourth-order valence-electron chi connectivity index (χ4n) is 2.08. The molecule has 18 heavy (non-hydrogen) atoms. The van der Waals surface area contributed by atoms with E-state index in [2.05, 4.69) is 15.4 Å². The smallest absolute Gasteiger partial charge is 0.317 e. The first-order chi connectivity index (χ1) is 8.61. The Morgan fingerprint density at radius 2 is 2.00 bits per heavy atom. The molecular formula is C11H21N5O2. The van der Waals surface area contributed by atoms with Gasteiger partial charge in [-0.15, -0.1) is 0 Å². The van der Waals surface area contributed by atoms with Crippen LogP contribution >= 0.6 is 0 Å². The van der Waals surface area contributed by atoms with Crippen molar-refractivity contribution in [3.63, 3.8) is 0 Å². The Morgan fingerprint density at radius 3 is 2.50 bits per heavy atom. The van der Waals surface area contributed by atoms with Crippen LogP contribution < -0.4 is 11.1 Å². The molecule has 1 saturated carbocycles. The summed E-state index contributed by atoms with van der Waals surface area (Å²) in [5.41, 5.74) is 5.58. The minimum atomic E-state index is -0.0938. The minimum Gasteiger partial charge on any atom is -0.409 e. The van der Waals surface area contributed by atoms with Crippen molar-refractivity contribution in [2.75, 3.05) is 26.2 Å². The van der Waals surface area contributed by atoms with E-state index in [4.69, 9.17) is 10.9 Å². The molecule has 2 fully saturated rings. The number of hydrogen-bond donors (Lipinski definition) is 3.